The van der Waals surface area contributed by atoms with Crippen LogP contribution in [0.2, 0.25) is 0 Å². The second-order valence-electron chi connectivity index (χ2n) is 4.26. The van der Waals surface area contributed by atoms with E-state index < -0.39 is 0 Å². The molecule has 2 aromatic rings. The molecule has 0 aliphatic rings. The molecule has 0 aliphatic heterocycles. The molecule has 0 radical (unpaired) electrons. The summed E-state index contributed by atoms with van der Waals surface area (Å²) in [5, 5.41) is 0. The monoisotopic (exact) mass is 318 g/mol. The Balaban J connectivity index is 2.12. The van der Waals surface area contributed by atoms with Crippen molar-refractivity contribution in [3.63, 3.8) is 0 Å². The fraction of sp³-hybridized carbons (Fsp3) is 0.125. The van der Waals surface area contributed by atoms with Gasteiger partial charge >= 0.3 is 119 Å². The van der Waals surface area contributed by atoms with Crippen LogP contribution in [0.4, 0.5) is 0 Å². The molecule has 0 saturated carbocycles. The molecule has 0 spiro atoms. The minimum atomic E-state index is 0.0878. The Labute approximate surface area is 119 Å². The SMILES string of the molecule is CC(=O)c1ccc([Se]c2ccc(C(C)=O)cc2)cc1. The van der Waals surface area contributed by atoms with E-state index in [2.05, 4.69) is 0 Å². The van der Waals surface area contributed by atoms with Gasteiger partial charge in [0, 0.05) is 0 Å². The van der Waals surface area contributed by atoms with Crippen LogP contribution in [-0.4, -0.2) is 26.5 Å². The maximum absolute atomic E-state index is 11.2. The van der Waals surface area contributed by atoms with E-state index in [1.165, 1.54) is 8.92 Å². The third kappa shape index (κ3) is 3.63. The minimum absolute atomic E-state index is 0.0878. The molecular formula is C16H14O2Se. The molecule has 2 rings (SSSR count). The summed E-state index contributed by atoms with van der Waals surface area (Å²) < 4.78 is 2.43. The number of Topliss-reactive ketones (excluding diaryl/α,β-unsaturated/α-hetero) is 2. The number of carbonyl (C=O) groups excluding carboxylic acids is 2. The average molecular weight is 317 g/mol. The van der Waals surface area contributed by atoms with Crippen LogP contribution < -0.4 is 8.92 Å². The molecule has 2 nitrogen and oxygen atoms in total. The number of hydrogen-bond donors (Lipinski definition) is 0. The summed E-state index contributed by atoms with van der Waals surface area (Å²) in [4.78, 5) is 22.4. The van der Waals surface area contributed by atoms with Crippen LogP contribution in [0.25, 0.3) is 0 Å². The molecule has 0 amide bonds. The first-order valence-electron chi connectivity index (χ1n) is 5.96. The van der Waals surface area contributed by atoms with Gasteiger partial charge in [0.1, 0.15) is 0 Å². The number of ketones is 2. The number of rotatable bonds is 4. The molecule has 0 unspecified atom stereocenters. The van der Waals surface area contributed by atoms with Crippen molar-refractivity contribution in [2.45, 2.75) is 13.8 Å². The maximum atomic E-state index is 11.2. The first-order chi connectivity index (χ1) is 9.06. The van der Waals surface area contributed by atoms with Crippen LogP contribution in [0.3, 0.4) is 0 Å². The molecule has 0 aromatic heterocycles. The van der Waals surface area contributed by atoms with Crippen molar-refractivity contribution in [3.05, 3.63) is 59.7 Å². The van der Waals surface area contributed by atoms with Gasteiger partial charge in [-0.2, -0.15) is 0 Å². The summed E-state index contributed by atoms with van der Waals surface area (Å²) in [6.07, 6.45) is 0. The van der Waals surface area contributed by atoms with E-state index in [0.29, 0.717) is 0 Å². The van der Waals surface area contributed by atoms with Gasteiger partial charge in [-0.3, -0.25) is 0 Å². The molecular weight excluding hydrogens is 303 g/mol. The van der Waals surface area contributed by atoms with Gasteiger partial charge in [0.05, 0.1) is 0 Å². The van der Waals surface area contributed by atoms with E-state index in [1.807, 2.05) is 48.5 Å². The van der Waals surface area contributed by atoms with Crippen molar-refractivity contribution in [2.75, 3.05) is 0 Å². The van der Waals surface area contributed by atoms with Gasteiger partial charge in [-0.05, 0) is 0 Å². The van der Waals surface area contributed by atoms with Crippen LogP contribution in [-0.2, 0) is 0 Å². The quantitative estimate of drug-likeness (QED) is 0.636. The molecule has 0 aliphatic carbocycles. The van der Waals surface area contributed by atoms with Crippen molar-refractivity contribution in [1.82, 2.24) is 0 Å². The van der Waals surface area contributed by atoms with Crippen LogP contribution >= 0.6 is 0 Å². The fourth-order valence-electron chi connectivity index (χ4n) is 1.65. The molecule has 3 heteroatoms. The zero-order valence-corrected chi connectivity index (χ0v) is 12.6. The average Bonchev–Trinajstić information content (AvgIpc) is 2.40. The summed E-state index contributed by atoms with van der Waals surface area (Å²) >= 11 is 0.199. The predicted molar refractivity (Wildman–Crippen MR) is 77.9 cm³/mol. The van der Waals surface area contributed by atoms with Crippen LogP contribution in [0.5, 0.6) is 0 Å². The predicted octanol–water partition coefficient (Wildman–Crippen LogP) is 1.75. The Kier molecular flexibility index (Phi) is 4.31. The zero-order valence-electron chi connectivity index (χ0n) is 10.8. The van der Waals surface area contributed by atoms with Gasteiger partial charge < -0.3 is 0 Å². The van der Waals surface area contributed by atoms with E-state index in [4.69, 9.17) is 0 Å². The summed E-state index contributed by atoms with van der Waals surface area (Å²) in [7, 11) is 0. The van der Waals surface area contributed by atoms with E-state index >= 15 is 0 Å². The normalized spacial score (nSPS) is 10.2. The molecule has 19 heavy (non-hydrogen) atoms. The molecule has 0 bridgehead atoms. The van der Waals surface area contributed by atoms with Crippen LogP contribution in [0, 0.1) is 0 Å². The van der Waals surface area contributed by atoms with Gasteiger partial charge in [0.15, 0.2) is 0 Å². The summed E-state index contributed by atoms with van der Waals surface area (Å²) in [6, 6.07) is 15.4. The van der Waals surface area contributed by atoms with E-state index in [0.717, 1.165) is 11.1 Å². The van der Waals surface area contributed by atoms with Crippen molar-refractivity contribution >= 4 is 35.4 Å². The number of hydrogen-bond acceptors (Lipinski definition) is 2. The van der Waals surface area contributed by atoms with Crippen molar-refractivity contribution in [1.29, 1.82) is 0 Å². The zero-order chi connectivity index (χ0) is 13.8. The first kappa shape index (κ1) is 13.7. The molecule has 2 aromatic carbocycles. The van der Waals surface area contributed by atoms with Gasteiger partial charge in [-0.1, -0.05) is 0 Å². The third-order valence-corrected chi connectivity index (χ3v) is 4.89. The van der Waals surface area contributed by atoms with Gasteiger partial charge in [0.2, 0.25) is 0 Å². The topological polar surface area (TPSA) is 34.1 Å². The second-order valence-corrected chi connectivity index (χ2v) is 6.67. The van der Waals surface area contributed by atoms with E-state index in [9.17, 15) is 9.59 Å². The van der Waals surface area contributed by atoms with E-state index in [-0.39, 0.29) is 26.5 Å². The molecule has 0 fully saturated rings. The van der Waals surface area contributed by atoms with Crippen LogP contribution in [0.15, 0.2) is 48.5 Å². The number of benzene rings is 2. The fourth-order valence-corrected chi connectivity index (χ4v) is 3.36. The first-order valence-corrected chi connectivity index (χ1v) is 7.67. The molecule has 0 saturated heterocycles. The van der Waals surface area contributed by atoms with Crippen molar-refractivity contribution in [3.8, 4) is 0 Å². The summed E-state index contributed by atoms with van der Waals surface area (Å²) in [6.45, 7) is 3.14. The summed E-state index contributed by atoms with van der Waals surface area (Å²) in [5.41, 5.74) is 1.48. The molecule has 0 heterocycles. The Morgan fingerprint density at radius 2 is 1.00 bits per heavy atom. The van der Waals surface area contributed by atoms with E-state index in [1.54, 1.807) is 13.8 Å². The Bertz CT molecular complexity index is 542. The molecule has 96 valence electrons. The molecule has 0 atom stereocenters. The number of carbonyl (C=O) groups is 2. The second kappa shape index (κ2) is 5.96. The van der Waals surface area contributed by atoms with Crippen molar-refractivity contribution in [2.24, 2.45) is 0 Å². The van der Waals surface area contributed by atoms with Gasteiger partial charge in [-0.15, -0.1) is 0 Å². The van der Waals surface area contributed by atoms with Crippen LogP contribution in [0.1, 0.15) is 34.6 Å². The summed E-state index contributed by atoms with van der Waals surface area (Å²) in [5.74, 6) is 0.176. The van der Waals surface area contributed by atoms with Gasteiger partial charge in [0.25, 0.3) is 0 Å². The Morgan fingerprint density at radius 1 is 0.684 bits per heavy atom. The van der Waals surface area contributed by atoms with Crippen molar-refractivity contribution < 1.29 is 9.59 Å². The standard InChI is InChI=1S/C16H14O2Se/c1-11(17)13-3-7-15(8-4-13)19-16-9-5-14(6-10-16)12(2)18/h3-10H,1-2H3. The molecule has 0 N–H and O–H groups in total. The van der Waals surface area contributed by atoms with Gasteiger partial charge in [-0.25, -0.2) is 0 Å². The third-order valence-electron chi connectivity index (χ3n) is 2.76. The Hall–Kier alpha value is -1.70. The Morgan fingerprint density at radius 3 is 1.26 bits per heavy atom.